The molecule has 1 aromatic rings. The molecule has 24 heavy (non-hydrogen) atoms. The molecule has 0 saturated carbocycles. The molecule has 1 unspecified atom stereocenters. The Hall–Kier alpha value is -1.05. The number of nitrogens with one attached hydrogen (secondary N) is 1. The zero-order chi connectivity index (χ0) is 17.6. The van der Waals surface area contributed by atoms with Gasteiger partial charge >= 0.3 is 0 Å². The van der Waals surface area contributed by atoms with Gasteiger partial charge in [-0.25, -0.2) is 8.42 Å². The maximum Gasteiger partial charge on any atom is 0.241 e. The molecule has 0 aliphatic carbocycles. The summed E-state index contributed by atoms with van der Waals surface area (Å²) in [4.78, 5) is 14.8. The average molecular weight is 371 g/mol. The molecule has 1 aliphatic heterocycles. The van der Waals surface area contributed by atoms with Crippen LogP contribution in [0.3, 0.4) is 0 Å². The molecule has 0 aromatic heterocycles. The van der Waals surface area contributed by atoms with Gasteiger partial charge in [0.05, 0.1) is 4.90 Å². The zero-order valence-electron chi connectivity index (χ0n) is 14.3. The first kappa shape index (κ1) is 19.3. The van der Waals surface area contributed by atoms with Crippen LogP contribution in [0.5, 0.6) is 0 Å². The zero-order valence-corrected chi connectivity index (χ0v) is 15.9. The van der Waals surface area contributed by atoms with Crippen molar-refractivity contribution in [2.24, 2.45) is 5.92 Å². The van der Waals surface area contributed by atoms with E-state index in [0.717, 1.165) is 18.6 Å². The van der Waals surface area contributed by atoms with Crippen molar-refractivity contribution in [2.45, 2.75) is 37.1 Å². The summed E-state index contributed by atoms with van der Waals surface area (Å²) in [6.45, 7) is 3.61. The molecule has 7 heteroatoms. The van der Waals surface area contributed by atoms with Gasteiger partial charge in [-0.2, -0.15) is 16.5 Å². The Morgan fingerprint density at radius 2 is 1.92 bits per heavy atom. The normalized spacial score (nSPS) is 17.7. The molecule has 0 spiro atoms. The van der Waals surface area contributed by atoms with Crippen LogP contribution in [0.2, 0.25) is 0 Å². The number of benzene rings is 1. The SMILES string of the molecule is CSCCC(NS(=O)(=O)c1ccccc1)C(=O)N1CCC(C)CC1. The first-order valence-electron chi connectivity index (χ1n) is 8.29. The predicted octanol–water partition coefficient (Wildman–Crippen LogP) is 2.35. The third kappa shape index (κ3) is 5.22. The summed E-state index contributed by atoms with van der Waals surface area (Å²) in [5.74, 6) is 1.26. The van der Waals surface area contributed by atoms with Crippen LogP contribution in [-0.4, -0.2) is 50.4 Å². The molecule has 5 nitrogen and oxygen atoms in total. The minimum atomic E-state index is -3.69. The fourth-order valence-electron chi connectivity index (χ4n) is 2.77. The second kappa shape index (κ2) is 8.87. The second-order valence-corrected chi connectivity index (χ2v) is 8.98. The number of carbonyl (C=O) groups is 1. The lowest BCUT2D eigenvalue weighted by molar-refractivity contribution is -0.134. The summed E-state index contributed by atoms with van der Waals surface area (Å²) in [7, 11) is -3.69. The van der Waals surface area contributed by atoms with E-state index < -0.39 is 16.1 Å². The molecular formula is C17H26N2O3S2. The van der Waals surface area contributed by atoms with Gasteiger partial charge in [0.25, 0.3) is 0 Å². The van der Waals surface area contributed by atoms with Crippen LogP contribution < -0.4 is 4.72 Å². The molecule has 1 atom stereocenters. The van der Waals surface area contributed by atoms with Gasteiger partial charge in [-0.05, 0) is 49.3 Å². The van der Waals surface area contributed by atoms with Crippen molar-refractivity contribution in [3.8, 4) is 0 Å². The third-order valence-corrected chi connectivity index (χ3v) is 6.49. The molecule has 1 aromatic carbocycles. The molecule has 1 saturated heterocycles. The Morgan fingerprint density at radius 1 is 1.29 bits per heavy atom. The Labute approximate surface area is 149 Å². The Balaban J connectivity index is 2.11. The number of nitrogens with zero attached hydrogens (tertiary/aromatic N) is 1. The number of likely N-dealkylation sites (tertiary alicyclic amines) is 1. The Morgan fingerprint density at radius 3 is 2.50 bits per heavy atom. The van der Waals surface area contributed by atoms with Crippen LogP contribution in [0, 0.1) is 5.92 Å². The molecule has 1 fully saturated rings. The monoisotopic (exact) mass is 370 g/mol. The quantitative estimate of drug-likeness (QED) is 0.800. The topological polar surface area (TPSA) is 66.5 Å². The van der Waals surface area contributed by atoms with Crippen molar-refractivity contribution in [3.05, 3.63) is 30.3 Å². The number of rotatable bonds is 7. The first-order chi connectivity index (χ1) is 11.4. The molecular weight excluding hydrogens is 344 g/mol. The van der Waals surface area contributed by atoms with Gasteiger partial charge in [0.2, 0.25) is 15.9 Å². The highest BCUT2D eigenvalue weighted by Crippen LogP contribution is 2.18. The fraction of sp³-hybridized carbons (Fsp3) is 0.588. The van der Waals surface area contributed by atoms with Gasteiger partial charge in [0.15, 0.2) is 0 Å². The highest BCUT2D eigenvalue weighted by Gasteiger charge is 2.30. The van der Waals surface area contributed by atoms with Crippen LogP contribution in [-0.2, 0) is 14.8 Å². The van der Waals surface area contributed by atoms with Gasteiger partial charge in [-0.1, -0.05) is 25.1 Å². The van der Waals surface area contributed by atoms with E-state index in [4.69, 9.17) is 0 Å². The molecule has 2 rings (SSSR count). The van der Waals surface area contributed by atoms with Crippen molar-refractivity contribution in [1.82, 2.24) is 9.62 Å². The molecule has 1 heterocycles. The molecule has 1 N–H and O–H groups in total. The number of sulfonamides is 1. The summed E-state index contributed by atoms with van der Waals surface area (Å²) < 4.78 is 27.7. The summed E-state index contributed by atoms with van der Waals surface area (Å²) >= 11 is 1.61. The maximum absolute atomic E-state index is 12.8. The number of carbonyl (C=O) groups excluding carboxylic acids is 1. The number of hydrogen-bond acceptors (Lipinski definition) is 4. The van der Waals surface area contributed by atoms with Crippen LogP contribution in [0.25, 0.3) is 0 Å². The second-order valence-electron chi connectivity index (χ2n) is 6.28. The van der Waals surface area contributed by atoms with E-state index >= 15 is 0 Å². The summed E-state index contributed by atoms with van der Waals surface area (Å²) in [6, 6.07) is 7.52. The van der Waals surface area contributed by atoms with E-state index in [-0.39, 0.29) is 10.8 Å². The largest absolute Gasteiger partial charge is 0.341 e. The number of hydrogen-bond donors (Lipinski definition) is 1. The Bertz CT molecular complexity index is 626. The third-order valence-electron chi connectivity index (χ3n) is 4.35. The maximum atomic E-state index is 12.8. The van der Waals surface area contributed by atoms with Crippen molar-refractivity contribution >= 4 is 27.7 Å². The highest BCUT2D eigenvalue weighted by molar-refractivity contribution is 7.98. The number of amides is 1. The lowest BCUT2D eigenvalue weighted by atomic mass is 9.98. The average Bonchev–Trinajstić information content (AvgIpc) is 2.59. The highest BCUT2D eigenvalue weighted by atomic mass is 32.2. The van der Waals surface area contributed by atoms with Crippen molar-refractivity contribution in [2.75, 3.05) is 25.1 Å². The van der Waals surface area contributed by atoms with E-state index in [0.29, 0.717) is 25.4 Å². The van der Waals surface area contributed by atoms with E-state index in [9.17, 15) is 13.2 Å². The van der Waals surface area contributed by atoms with E-state index in [2.05, 4.69) is 11.6 Å². The standard InChI is InChI=1S/C17H26N2O3S2/c1-14-8-11-19(12-9-14)17(20)16(10-13-23-2)18-24(21,22)15-6-4-3-5-7-15/h3-7,14,16,18H,8-13H2,1-2H3. The first-order valence-corrected chi connectivity index (χ1v) is 11.2. The minimum Gasteiger partial charge on any atom is -0.341 e. The van der Waals surface area contributed by atoms with Crippen LogP contribution in [0.4, 0.5) is 0 Å². The van der Waals surface area contributed by atoms with Gasteiger partial charge in [0, 0.05) is 13.1 Å². The molecule has 0 radical (unpaired) electrons. The van der Waals surface area contributed by atoms with Crippen LogP contribution >= 0.6 is 11.8 Å². The summed E-state index contributed by atoms with van der Waals surface area (Å²) in [6.07, 6.45) is 4.41. The van der Waals surface area contributed by atoms with E-state index in [1.54, 1.807) is 47.0 Å². The Kier molecular flexibility index (Phi) is 7.13. The number of piperidine rings is 1. The van der Waals surface area contributed by atoms with E-state index in [1.807, 2.05) is 6.26 Å². The van der Waals surface area contributed by atoms with Gasteiger partial charge < -0.3 is 4.90 Å². The molecule has 1 aliphatic rings. The van der Waals surface area contributed by atoms with Crippen LogP contribution in [0.15, 0.2) is 35.2 Å². The lowest BCUT2D eigenvalue weighted by Gasteiger charge is -2.33. The molecule has 134 valence electrons. The summed E-state index contributed by atoms with van der Waals surface area (Å²) in [5, 5.41) is 0. The van der Waals surface area contributed by atoms with Gasteiger partial charge in [-0.15, -0.1) is 0 Å². The molecule has 1 amide bonds. The lowest BCUT2D eigenvalue weighted by Crippen LogP contribution is -2.50. The summed E-state index contributed by atoms with van der Waals surface area (Å²) in [5.41, 5.74) is 0. The number of thioether (sulfide) groups is 1. The van der Waals surface area contributed by atoms with Crippen molar-refractivity contribution < 1.29 is 13.2 Å². The van der Waals surface area contributed by atoms with Gasteiger partial charge in [-0.3, -0.25) is 4.79 Å². The predicted molar refractivity (Wildman–Crippen MR) is 98.5 cm³/mol. The minimum absolute atomic E-state index is 0.101. The van der Waals surface area contributed by atoms with Gasteiger partial charge in [0.1, 0.15) is 6.04 Å². The van der Waals surface area contributed by atoms with E-state index in [1.165, 1.54) is 0 Å². The van der Waals surface area contributed by atoms with Crippen molar-refractivity contribution in [1.29, 1.82) is 0 Å². The molecule has 0 bridgehead atoms. The fourth-order valence-corrected chi connectivity index (χ4v) is 4.49. The van der Waals surface area contributed by atoms with Crippen LogP contribution in [0.1, 0.15) is 26.2 Å². The smallest absolute Gasteiger partial charge is 0.241 e. The van der Waals surface area contributed by atoms with Crippen molar-refractivity contribution in [3.63, 3.8) is 0 Å².